The van der Waals surface area contributed by atoms with E-state index in [1.54, 1.807) is 0 Å². The predicted octanol–water partition coefficient (Wildman–Crippen LogP) is 2.67. The SMILES string of the molecule is CCCNC1CCC(C)CC1CN(C)CCCN(C)C. The topological polar surface area (TPSA) is 18.5 Å². The van der Waals surface area contributed by atoms with Crippen LogP contribution < -0.4 is 5.32 Å². The molecule has 0 heterocycles. The molecule has 3 atom stereocenters. The molecule has 0 aromatic rings. The van der Waals surface area contributed by atoms with E-state index in [9.17, 15) is 0 Å². The molecule has 0 aromatic heterocycles. The molecule has 120 valence electrons. The number of nitrogens with one attached hydrogen (secondary N) is 1. The van der Waals surface area contributed by atoms with Gasteiger partial charge in [0.1, 0.15) is 0 Å². The van der Waals surface area contributed by atoms with Gasteiger partial charge in [-0.2, -0.15) is 0 Å². The van der Waals surface area contributed by atoms with Crippen LogP contribution >= 0.6 is 0 Å². The first-order valence-corrected chi connectivity index (χ1v) is 8.59. The van der Waals surface area contributed by atoms with Crippen molar-refractivity contribution in [1.29, 1.82) is 0 Å². The second-order valence-electron chi connectivity index (χ2n) is 7.16. The summed E-state index contributed by atoms with van der Waals surface area (Å²) in [6.07, 6.45) is 6.70. The molecule has 0 radical (unpaired) electrons. The van der Waals surface area contributed by atoms with Crippen molar-refractivity contribution >= 4 is 0 Å². The Kier molecular flexibility index (Phi) is 8.74. The van der Waals surface area contributed by atoms with Gasteiger partial charge in [-0.05, 0) is 84.7 Å². The van der Waals surface area contributed by atoms with Crippen LogP contribution in [0, 0.1) is 11.8 Å². The normalized spacial score (nSPS) is 27.4. The molecule has 3 unspecified atom stereocenters. The summed E-state index contributed by atoms with van der Waals surface area (Å²) in [7, 11) is 6.62. The van der Waals surface area contributed by atoms with Gasteiger partial charge in [-0.15, -0.1) is 0 Å². The smallest absolute Gasteiger partial charge is 0.0108 e. The Morgan fingerprint density at radius 3 is 2.50 bits per heavy atom. The van der Waals surface area contributed by atoms with Gasteiger partial charge in [0.15, 0.2) is 0 Å². The van der Waals surface area contributed by atoms with Crippen LogP contribution in [-0.2, 0) is 0 Å². The van der Waals surface area contributed by atoms with Crippen molar-refractivity contribution in [1.82, 2.24) is 15.1 Å². The van der Waals surface area contributed by atoms with Gasteiger partial charge in [0.05, 0.1) is 0 Å². The van der Waals surface area contributed by atoms with Gasteiger partial charge >= 0.3 is 0 Å². The average Bonchev–Trinajstić information content (AvgIpc) is 2.37. The van der Waals surface area contributed by atoms with Crippen molar-refractivity contribution in [2.45, 2.75) is 52.0 Å². The van der Waals surface area contributed by atoms with Gasteiger partial charge < -0.3 is 15.1 Å². The highest BCUT2D eigenvalue weighted by atomic mass is 15.1. The summed E-state index contributed by atoms with van der Waals surface area (Å²) in [5.74, 6) is 1.75. The van der Waals surface area contributed by atoms with Crippen molar-refractivity contribution in [3.05, 3.63) is 0 Å². The third kappa shape index (κ3) is 7.05. The van der Waals surface area contributed by atoms with Crippen LogP contribution in [0.5, 0.6) is 0 Å². The molecule has 0 bridgehead atoms. The van der Waals surface area contributed by atoms with E-state index in [0.29, 0.717) is 0 Å². The largest absolute Gasteiger partial charge is 0.314 e. The van der Waals surface area contributed by atoms with Gasteiger partial charge in [-0.3, -0.25) is 0 Å². The van der Waals surface area contributed by atoms with Crippen LogP contribution in [0.4, 0.5) is 0 Å². The van der Waals surface area contributed by atoms with E-state index in [-0.39, 0.29) is 0 Å². The summed E-state index contributed by atoms with van der Waals surface area (Å²) in [6.45, 7) is 9.56. The van der Waals surface area contributed by atoms with Gasteiger partial charge in [-0.25, -0.2) is 0 Å². The zero-order chi connectivity index (χ0) is 15.0. The first kappa shape index (κ1) is 17.9. The first-order valence-electron chi connectivity index (χ1n) is 8.59. The average molecular weight is 284 g/mol. The monoisotopic (exact) mass is 283 g/mol. The van der Waals surface area contributed by atoms with Crippen molar-refractivity contribution < 1.29 is 0 Å². The van der Waals surface area contributed by atoms with Crippen LogP contribution in [0.25, 0.3) is 0 Å². The molecule has 1 aliphatic rings. The molecule has 1 aliphatic carbocycles. The van der Waals surface area contributed by atoms with Crippen molar-refractivity contribution in [2.75, 3.05) is 47.3 Å². The quantitative estimate of drug-likeness (QED) is 0.702. The third-order valence-corrected chi connectivity index (χ3v) is 4.59. The lowest BCUT2D eigenvalue weighted by molar-refractivity contribution is 0.158. The molecule has 0 amide bonds. The van der Waals surface area contributed by atoms with Crippen molar-refractivity contribution in [2.24, 2.45) is 11.8 Å². The fourth-order valence-corrected chi connectivity index (χ4v) is 3.45. The van der Waals surface area contributed by atoms with Crippen LogP contribution in [0.3, 0.4) is 0 Å². The maximum absolute atomic E-state index is 3.79. The van der Waals surface area contributed by atoms with E-state index < -0.39 is 0 Å². The minimum atomic E-state index is 0.752. The predicted molar refractivity (Wildman–Crippen MR) is 89.3 cm³/mol. The Balaban J connectivity index is 2.35. The summed E-state index contributed by atoms with van der Waals surface area (Å²) < 4.78 is 0. The van der Waals surface area contributed by atoms with E-state index in [1.165, 1.54) is 58.3 Å². The van der Waals surface area contributed by atoms with E-state index >= 15 is 0 Å². The fraction of sp³-hybridized carbons (Fsp3) is 1.00. The van der Waals surface area contributed by atoms with Gasteiger partial charge in [-0.1, -0.05) is 13.8 Å². The molecule has 1 N–H and O–H groups in total. The Morgan fingerprint density at radius 1 is 1.10 bits per heavy atom. The maximum Gasteiger partial charge on any atom is 0.0108 e. The molecule has 3 nitrogen and oxygen atoms in total. The molecule has 1 fully saturated rings. The molecular weight excluding hydrogens is 246 g/mol. The standard InChI is InChI=1S/C17H37N3/c1-6-10-18-17-9-8-15(2)13-16(17)14-20(5)12-7-11-19(3)4/h15-18H,6-14H2,1-5H3. The first-order chi connectivity index (χ1) is 9.52. The molecule has 3 heteroatoms. The highest BCUT2D eigenvalue weighted by molar-refractivity contribution is 4.85. The fourth-order valence-electron chi connectivity index (χ4n) is 3.45. The number of hydrogen-bond acceptors (Lipinski definition) is 3. The minimum absolute atomic E-state index is 0.752. The van der Waals surface area contributed by atoms with Gasteiger partial charge in [0, 0.05) is 12.6 Å². The molecule has 0 aliphatic heterocycles. The molecular formula is C17H37N3. The lowest BCUT2D eigenvalue weighted by atomic mass is 9.78. The van der Waals surface area contributed by atoms with E-state index in [2.05, 4.69) is 50.1 Å². The van der Waals surface area contributed by atoms with Crippen LogP contribution in [0.1, 0.15) is 46.0 Å². The van der Waals surface area contributed by atoms with Crippen molar-refractivity contribution in [3.63, 3.8) is 0 Å². The second-order valence-corrected chi connectivity index (χ2v) is 7.16. The molecule has 1 rings (SSSR count). The second kappa shape index (κ2) is 9.75. The van der Waals surface area contributed by atoms with Crippen LogP contribution in [-0.4, -0.2) is 63.2 Å². The van der Waals surface area contributed by atoms with Gasteiger partial charge in [0.25, 0.3) is 0 Å². The van der Waals surface area contributed by atoms with Crippen molar-refractivity contribution in [3.8, 4) is 0 Å². The summed E-state index contributed by atoms with van der Waals surface area (Å²) in [5, 5.41) is 3.79. The summed E-state index contributed by atoms with van der Waals surface area (Å²) >= 11 is 0. The number of hydrogen-bond donors (Lipinski definition) is 1. The van der Waals surface area contributed by atoms with Crippen LogP contribution in [0.15, 0.2) is 0 Å². The summed E-state index contributed by atoms with van der Waals surface area (Å²) in [4.78, 5) is 4.83. The number of rotatable bonds is 9. The Hall–Kier alpha value is -0.120. The Bertz CT molecular complexity index is 240. The Morgan fingerprint density at radius 2 is 1.85 bits per heavy atom. The molecule has 20 heavy (non-hydrogen) atoms. The lowest BCUT2D eigenvalue weighted by Crippen LogP contribution is -2.45. The third-order valence-electron chi connectivity index (χ3n) is 4.59. The van der Waals surface area contributed by atoms with E-state index in [0.717, 1.165) is 17.9 Å². The van der Waals surface area contributed by atoms with Crippen LogP contribution in [0.2, 0.25) is 0 Å². The Labute approximate surface area is 127 Å². The van der Waals surface area contributed by atoms with E-state index in [4.69, 9.17) is 0 Å². The molecule has 0 spiro atoms. The highest BCUT2D eigenvalue weighted by Crippen LogP contribution is 2.29. The molecule has 1 saturated carbocycles. The zero-order valence-electron chi connectivity index (χ0n) is 14.5. The highest BCUT2D eigenvalue weighted by Gasteiger charge is 2.28. The van der Waals surface area contributed by atoms with E-state index in [1.807, 2.05) is 0 Å². The summed E-state index contributed by atoms with van der Waals surface area (Å²) in [6, 6.07) is 0.752. The number of nitrogens with zero attached hydrogens (tertiary/aromatic N) is 2. The molecule has 0 aromatic carbocycles. The zero-order valence-corrected chi connectivity index (χ0v) is 14.5. The van der Waals surface area contributed by atoms with Gasteiger partial charge in [0.2, 0.25) is 0 Å². The minimum Gasteiger partial charge on any atom is -0.314 e. The maximum atomic E-state index is 3.79. The summed E-state index contributed by atoms with van der Waals surface area (Å²) in [5.41, 5.74) is 0. The molecule has 0 saturated heterocycles. The lowest BCUT2D eigenvalue weighted by Gasteiger charge is -2.37.